The van der Waals surface area contributed by atoms with Gasteiger partial charge < -0.3 is 4.90 Å². The minimum atomic E-state index is -0.0278. The Morgan fingerprint density at radius 3 is 2.77 bits per heavy atom. The van der Waals surface area contributed by atoms with E-state index in [-0.39, 0.29) is 11.8 Å². The van der Waals surface area contributed by atoms with Crippen molar-refractivity contribution >= 4 is 28.8 Å². The summed E-state index contributed by atoms with van der Waals surface area (Å²) in [4.78, 5) is 14.5. The number of amides is 1. The number of thiophene rings is 1. The molecule has 4 heteroatoms. The summed E-state index contributed by atoms with van der Waals surface area (Å²) in [5, 5.41) is 0. The number of hydrogen-bond acceptors (Lipinski definition) is 2. The third-order valence-corrected chi connectivity index (χ3v) is 3.56. The summed E-state index contributed by atoms with van der Waals surface area (Å²) < 4.78 is 0.750. The molecule has 1 aliphatic heterocycles. The zero-order valence-electron chi connectivity index (χ0n) is 7.29. The summed E-state index contributed by atoms with van der Waals surface area (Å²) in [6.07, 6.45) is 0. The molecule has 1 fully saturated rings. The first kappa shape index (κ1) is 9.03. The van der Waals surface area contributed by atoms with Crippen molar-refractivity contribution in [1.82, 2.24) is 4.90 Å². The fourth-order valence-electron chi connectivity index (χ4n) is 1.23. The highest BCUT2D eigenvalue weighted by Gasteiger charge is 2.29. The Bertz CT molecular complexity index is 332. The number of hydrogen-bond donors (Lipinski definition) is 0. The van der Waals surface area contributed by atoms with E-state index < -0.39 is 0 Å². The molecule has 0 N–H and O–H groups in total. The Hall–Kier alpha value is -0.540. The van der Waals surface area contributed by atoms with Crippen LogP contribution in [0.1, 0.15) is 17.7 Å². The van der Waals surface area contributed by atoms with Crippen LogP contribution < -0.4 is 0 Å². The Labute approximate surface area is 86.1 Å². The molecule has 1 saturated heterocycles. The smallest absolute Gasteiger partial charge is 0.230 e. The lowest BCUT2D eigenvalue weighted by Crippen LogP contribution is -2.16. The van der Waals surface area contributed by atoms with E-state index >= 15 is 0 Å². The van der Waals surface area contributed by atoms with Gasteiger partial charge >= 0.3 is 0 Å². The van der Waals surface area contributed by atoms with Gasteiger partial charge in [0, 0.05) is 18.0 Å². The summed E-state index contributed by atoms with van der Waals surface area (Å²) in [7, 11) is 0. The van der Waals surface area contributed by atoms with Crippen LogP contribution in [0.2, 0.25) is 4.34 Å². The maximum absolute atomic E-state index is 11.6. The number of rotatable bonds is 2. The van der Waals surface area contributed by atoms with E-state index in [1.165, 1.54) is 11.3 Å². The van der Waals surface area contributed by atoms with Crippen LogP contribution >= 0.6 is 22.9 Å². The second kappa shape index (κ2) is 3.31. The lowest BCUT2D eigenvalue weighted by Gasteiger charge is -2.07. The second-order valence-corrected chi connectivity index (χ2v) is 4.94. The number of carbonyl (C=O) groups excluding carboxylic acids is 1. The Morgan fingerprint density at radius 1 is 1.62 bits per heavy atom. The monoisotopic (exact) mass is 215 g/mol. The molecular weight excluding hydrogens is 206 g/mol. The highest BCUT2D eigenvalue weighted by molar-refractivity contribution is 7.16. The largest absolute Gasteiger partial charge is 0.339 e. The first-order chi connectivity index (χ1) is 6.18. The lowest BCUT2D eigenvalue weighted by atomic mass is 10.1. The standard InChI is InChI=1S/C9H10ClNOS/c1-6(9(12)11-4-5-11)7-2-3-8(10)13-7/h2-3,6H,4-5H2,1H3. The molecule has 0 aliphatic carbocycles. The van der Waals surface area contributed by atoms with Gasteiger partial charge in [0.2, 0.25) is 5.91 Å². The van der Waals surface area contributed by atoms with E-state index in [9.17, 15) is 4.79 Å². The second-order valence-electron chi connectivity index (χ2n) is 3.19. The fourth-order valence-corrected chi connectivity index (χ4v) is 2.33. The number of halogens is 1. The molecule has 1 amide bonds. The number of nitrogens with zero attached hydrogens (tertiary/aromatic N) is 1. The zero-order valence-corrected chi connectivity index (χ0v) is 8.86. The van der Waals surface area contributed by atoms with Crippen molar-refractivity contribution in [2.45, 2.75) is 12.8 Å². The van der Waals surface area contributed by atoms with E-state index in [0.29, 0.717) is 0 Å². The van der Waals surface area contributed by atoms with Gasteiger partial charge in [-0.1, -0.05) is 11.6 Å². The van der Waals surface area contributed by atoms with Crippen molar-refractivity contribution < 1.29 is 4.79 Å². The van der Waals surface area contributed by atoms with Crippen LogP contribution in [0.15, 0.2) is 12.1 Å². The van der Waals surface area contributed by atoms with Crippen molar-refractivity contribution in [3.63, 3.8) is 0 Å². The molecule has 1 atom stereocenters. The average molecular weight is 216 g/mol. The van der Waals surface area contributed by atoms with Gasteiger partial charge in [0.25, 0.3) is 0 Å². The van der Waals surface area contributed by atoms with E-state index in [4.69, 9.17) is 11.6 Å². The van der Waals surface area contributed by atoms with Crippen molar-refractivity contribution in [2.24, 2.45) is 0 Å². The molecule has 0 spiro atoms. The molecule has 2 nitrogen and oxygen atoms in total. The summed E-state index contributed by atoms with van der Waals surface area (Å²) in [6, 6.07) is 3.77. The van der Waals surface area contributed by atoms with Crippen LogP contribution in [0.3, 0.4) is 0 Å². The van der Waals surface area contributed by atoms with Crippen LogP contribution in [-0.2, 0) is 4.79 Å². The van der Waals surface area contributed by atoms with Crippen molar-refractivity contribution in [3.05, 3.63) is 21.3 Å². The fraction of sp³-hybridized carbons (Fsp3) is 0.444. The summed E-state index contributed by atoms with van der Waals surface area (Å²) in [5.74, 6) is 0.193. The lowest BCUT2D eigenvalue weighted by molar-refractivity contribution is -0.126. The van der Waals surface area contributed by atoms with Crippen LogP contribution in [0.25, 0.3) is 0 Å². The van der Waals surface area contributed by atoms with Gasteiger partial charge in [0.1, 0.15) is 0 Å². The third kappa shape index (κ3) is 1.86. The molecule has 70 valence electrons. The molecule has 13 heavy (non-hydrogen) atoms. The molecule has 0 aromatic carbocycles. The molecular formula is C9H10ClNOS. The van der Waals surface area contributed by atoms with Crippen LogP contribution in [0.4, 0.5) is 0 Å². The van der Waals surface area contributed by atoms with E-state index in [0.717, 1.165) is 22.3 Å². The van der Waals surface area contributed by atoms with Gasteiger partial charge in [0.15, 0.2) is 0 Å². The molecule has 0 saturated carbocycles. The van der Waals surface area contributed by atoms with Gasteiger partial charge in [-0.3, -0.25) is 4.79 Å². The Kier molecular flexibility index (Phi) is 2.30. The van der Waals surface area contributed by atoms with E-state index in [1.807, 2.05) is 24.0 Å². The first-order valence-electron chi connectivity index (χ1n) is 4.22. The average Bonchev–Trinajstić information content (AvgIpc) is 2.87. The Balaban J connectivity index is 2.11. The van der Waals surface area contributed by atoms with Gasteiger partial charge in [-0.15, -0.1) is 11.3 Å². The van der Waals surface area contributed by atoms with Gasteiger partial charge in [0.05, 0.1) is 10.3 Å². The van der Waals surface area contributed by atoms with E-state index in [2.05, 4.69) is 0 Å². The molecule has 1 aliphatic rings. The maximum Gasteiger partial charge on any atom is 0.230 e. The summed E-state index contributed by atoms with van der Waals surface area (Å²) in [6.45, 7) is 3.77. The van der Waals surface area contributed by atoms with Crippen LogP contribution in [0.5, 0.6) is 0 Å². The minimum absolute atomic E-state index is 0.0278. The predicted octanol–water partition coefficient (Wildman–Crippen LogP) is 2.35. The predicted molar refractivity (Wildman–Crippen MR) is 54.3 cm³/mol. The van der Waals surface area contributed by atoms with E-state index in [1.54, 1.807) is 0 Å². The SMILES string of the molecule is CC(C(=O)N1CC1)c1ccc(Cl)s1. The molecule has 1 unspecified atom stereocenters. The normalized spacial score (nSPS) is 17.2. The van der Waals surface area contributed by atoms with Crippen molar-refractivity contribution in [3.8, 4) is 0 Å². The quantitative estimate of drug-likeness (QED) is 0.694. The molecule has 0 bridgehead atoms. The molecule has 1 aromatic heterocycles. The summed E-state index contributed by atoms with van der Waals surface area (Å²) >= 11 is 7.29. The molecule has 0 radical (unpaired) electrons. The van der Waals surface area contributed by atoms with Gasteiger partial charge in [-0.2, -0.15) is 0 Å². The molecule has 1 aromatic rings. The van der Waals surface area contributed by atoms with Crippen molar-refractivity contribution in [2.75, 3.05) is 13.1 Å². The topological polar surface area (TPSA) is 20.1 Å². The van der Waals surface area contributed by atoms with Gasteiger partial charge in [-0.25, -0.2) is 0 Å². The van der Waals surface area contributed by atoms with Gasteiger partial charge in [-0.05, 0) is 19.1 Å². The van der Waals surface area contributed by atoms with Crippen molar-refractivity contribution in [1.29, 1.82) is 0 Å². The van der Waals surface area contributed by atoms with Crippen LogP contribution in [-0.4, -0.2) is 23.9 Å². The third-order valence-electron chi connectivity index (χ3n) is 2.15. The minimum Gasteiger partial charge on any atom is -0.339 e. The highest BCUT2D eigenvalue weighted by atomic mass is 35.5. The Morgan fingerprint density at radius 2 is 2.31 bits per heavy atom. The first-order valence-corrected chi connectivity index (χ1v) is 5.42. The highest BCUT2D eigenvalue weighted by Crippen LogP contribution is 2.30. The maximum atomic E-state index is 11.6. The summed E-state index contributed by atoms with van der Waals surface area (Å²) in [5.41, 5.74) is 0. The zero-order chi connectivity index (χ0) is 9.42. The number of carbonyl (C=O) groups is 1. The van der Waals surface area contributed by atoms with Crippen LogP contribution in [0, 0.1) is 0 Å². The molecule has 2 rings (SSSR count). The molecule has 2 heterocycles.